The topological polar surface area (TPSA) is 122 Å². The standard InChI is InChI=1S/C11H19N3O4/c1-11(2,3)7(6-12)8(14-10(17)18)4-5-13-9(15)16/h7-8,13-14H,4-5H2,1-3H3,(H,15,16)(H,17,18). The van der Waals surface area contributed by atoms with Crippen LogP contribution < -0.4 is 10.6 Å². The van der Waals surface area contributed by atoms with Gasteiger partial charge in [-0.3, -0.25) is 0 Å². The van der Waals surface area contributed by atoms with E-state index in [1.54, 1.807) is 0 Å². The van der Waals surface area contributed by atoms with Gasteiger partial charge in [0.25, 0.3) is 0 Å². The van der Waals surface area contributed by atoms with Gasteiger partial charge in [0.1, 0.15) is 0 Å². The van der Waals surface area contributed by atoms with E-state index in [0.717, 1.165) is 0 Å². The minimum atomic E-state index is -1.22. The fraction of sp³-hybridized carbons (Fsp3) is 0.727. The number of nitrogens with one attached hydrogen (secondary N) is 2. The second kappa shape index (κ2) is 6.69. The fourth-order valence-electron chi connectivity index (χ4n) is 1.70. The zero-order chi connectivity index (χ0) is 14.3. The molecule has 18 heavy (non-hydrogen) atoms. The lowest BCUT2D eigenvalue weighted by molar-refractivity contribution is 0.170. The first-order valence-corrected chi connectivity index (χ1v) is 5.54. The summed E-state index contributed by atoms with van der Waals surface area (Å²) in [5.74, 6) is -0.538. The van der Waals surface area contributed by atoms with Crippen LogP contribution in [0.4, 0.5) is 9.59 Å². The van der Waals surface area contributed by atoms with Gasteiger partial charge in [-0.2, -0.15) is 5.26 Å². The first-order valence-electron chi connectivity index (χ1n) is 5.54. The molecule has 0 aromatic heterocycles. The van der Waals surface area contributed by atoms with Crippen molar-refractivity contribution in [2.45, 2.75) is 33.2 Å². The van der Waals surface area contributed by atoms with E-state index in [9.17, 15) is 9.59 Å². The number of nitrogens with zero attached hydrogens (tertiary/aromatic N) is 1. The zero-order valence-corrected chi connectivity index (χ0v) is 10.7. The van der Waals surface area contributed by atoms with E-state index in [4.69, 9.17) is 15.5 Å². The first-order chi connectivity index (χ1) is 8.18. The van der Waals surface area contributed by atoms with Gasteiger partial charge in [0.05, 0.1) is 18.0 Å². The third kappa shape index (κ3) is 5.94. The predicted octanol–water partition coefficient (Wildman–Crippen LogP) is 1.47. The summed E-state index contributed by atoms with van der Waals surface area (Å²) in [6.45, 7) is 5.60. The van der Waals surface area contributed by atoms with Crippen LogP contribution in [-0.2, 0) is 0 Å². The number of amides is 2. The molecule has 7 nitrogen and oxygen atoms in total. The second-order valence-corrected chi connectivity index (χ2v) is 5.05. The predicted molar refractivity (Wildman–Crippen MR) is 64.2 cm³/mol. The Balaban J connectivity index is 4.70. The number of hydrogen-bond donors (Lipinski definition) is 4. The molecule has 0 aromatic carbocycles. The van der Waals surface area contributed by atoms with Crippen LogP contribution in [0.2, 0.25) is 0 Å². The first kappa shape index (κ1) is 16.0. The molecule has 2 amide bonds. The summed E-state index contributed by atoms with van der Waals surface area (Å²) in [5, 5.41) is 30.8. The van der Waals surface area contributed by atoms with E-state index in [1.165, 1.54) is 0 Å². The van der Waals surface area contributed by atoms with Crippen LogP contribution in [0, 0.1) is 22.7 Å². The molecule has 2 unspecified atom stereocenters. The third-order valence-corrected chi connectivity index (χ3v) is 2.51. The smallest absolute Gasteiger partial charge is 0.404 e. The minimum Gasteiger partial charge on any atom is -0.465 e. The van der Waals surface area contributed by atoms with Gasteiger partial charge in [0.2, 0.25) is 0 Å². The molecule has 4 N–H and O–H groups in total. The molecule has 0 heterocycles. The van der Waals surface area contributed by atoms with Gasteiger partial charge in [-0.15, -0.1) is 0 Å². The van der Waals surface area contributed by atoms with Crippen LogP contribution in [0.3, 0.4) is 0 Å². The summed E-state index contributed by atoms with van der Waals surface area (Å²) in [7, 11) is 0. The number of carbonyl (C=O) groups is 2. The Labute approximate surface area is 106 Å². The van der Waals surface area contributed by atoms with Crippen LogP contribution in [0.15, 0.2) is 0 Å². The lowest BCUT2D eigenvalue weighted by atomic mass is 9.76. The highest BCUT2D eigenvalue weighted by Gasteiger charge is 2.33. The highest BCUT2D eigenvalue weighted by atomic mass is 16.4. The highest BCUT2D eigenvalue weighted by Crippen LogP contribution is 2.29. The molecule has 0 bridgehead atoms. The summed E-state index contributed by atoms with van der Waals surface area (Å²) < 4.78 is 0. The lowest BCUT2D eigenvalue weighted by Gasteiger charge is -2.31. The van der Waals surface area contributed by atoms with Crippen molar-refractivity contribution in [2.24, 2.45) is 11.3 Å². The lowest BCUT2D eigenvalue weighted by Crippen LogP contribution is -2.45. The molecule has 0 saturated heterocycles. The molecule has 2 atom stereocenters. The van der Waals surface area contributed by atoms with E-state index < -0.39 is 29.6 Å². The minimum absolute atomic E-state index is 0.0918. The van der Waals surface area contributed by atoms with Crippen molar-refractivity contribution in [1.29, 1.82) is 5.26 Å². The monoisotopic (exact) mass is 257 g/mol. The Bertz CT molecular complexity index is 343. The molecule has 7 heteroatoms. The molecule has 0 aliphatic heterocycles. The summed E-state index contributed by atoms with van der Waals surface area (Å²) in [6.07, 6.45) is -2.16. The number of nitriles is 1. The Kier molecular flexibility index (Phi) is 5.96. The van der Waals surface area contributed by atoms with Gasteiger partial charge in [-0.25, -0.2) is 9.59 Å². The molecule has 0 spiro atoms. The van der Waals surface area contributed by atoms with Gasteiger partial charge >= 0.3 is 12.2 Å². The Hall–Kier alpha value is -1.97. The SMILES string of the molecule is CC(C)(C)C(C#N)C(CCNC(=O)O)NC(=O)O. The average molecular weight is 257 g/mol. The zero-order valence-electron chi connectivity index (χ0n) is 10.7. The molecular formula is C11H19N3O4. The molecule has 0 aliphatic rings. The molecular weight excluding hydrogens is 238 g/mol. The Morgan fingerprint density at radius 3 is 2.17 bits per heavy atom. The van der Waals surface area contributed by atoms with Gasteiger partial charge < -0.3 is 20.8 Å². The van der Waals surface area contributed by atoms with E-state index in [1.807, 2.05) is 20.8 Å². The van der Waals surface area contributed by atoms with Gasteiger partial charge in [-0.1, -0.05) is 20.8 Å². The van der Waals surface area contributed by atoms with Crippen molar-refractivity contribution in [3.05, 3.63) is 0 Å². The van der Waals surface area contributed by atoms with Gasteiger partial charge in [0, 0.05) is 6.54 Å². The quantitative estimate of drug-likeness (QED) is 0.594. The maximum atomic E-state index is 10.7. The Morgan fingerprint density at radius 1 is 1.28 bits per heavy atom. The third-order valence-electron chi connectivity index (χ3n) is 2.51. The van der Waals surface area contributed by atoms with Crippen LogP contribution in [0.25, 0.3) is 0 Å². The fourth-order valence-corrected chi connectivity index (χ4v) is 1.70. The summed E-state index contributed by atoms with van der Waals surface area (Å²) in [5.41, 5.74) is -0.398. The van der Waals surface area contributed by atoms with Gasteiger partial charge in [0.15, 0.2) is 0 Å². The molecule has 0 fully saturated rings. The second-order valence-electron chi connectivity index (χ2n) is 5.05. The van der Waals surface area contributed by atoms with E-state index in [-0.39, 0.29) is 13.0 Å². The van der Waals surface area contributed by atoms with Crippen molar-refractivity contribution in [1.82, 2.24) is 10.6 Å². The van der Waals surface area contributed by atoms with Crippen LogP contribution in [-0.4, -0.2) is 35.0 Å². The normalized spacial score (nSPS) is 14.1. The van der Waals surface area contributed by atoms with Crippen molar-refractivity contribution >= 4 is 12.2 Å². The number of rotatable bonds is 5. The van der Waals surface area contributed by atoms with Gasteiger partial charge in [-0.05, 0) is 11.8 Å². The van der Waals surface area contributed by atoms with Crippen molar-refractivity contribution in [3.8, 4) is 6.07 Å². The van der Waals surface area contributed by atoms with Crippen molar-refractivity contribution in [2.75, 3.05) is 6.54 Å². The summed E-state index contributed by atoms with van der Waals surface area (Å²) >= 11 is 0. The maximum absolute atomic E-state index is 10.7. The number of hydrogen-bond acceptors (Lipinski definition) is 3. The van der Waals surface area contributed by atoms with Crippen LogP contribution in [0.5, 0.6) is 0 Å². The molecule has 0 radical (unpaired) electrons. The van der Waals surface area contributed by atoms with Crippen molar-refractivity contribution < 1.29 is 19.8 Å². The maximum Gasteiger partial charge on any atom is 0.404 e. The number of carboxylic acid groups (broad SMARTS) is 2. The molecule has 0 aromatic rings. The van der Waals surface area contributed by atoms with E-state index in [2.05, 4.69) is 16.7 Å². The van der Waals surface area contributed by atoms with Crippen molar-refractivity contribution in [3.63, 3.8) is 0 Å². The van der Waals surface area contributed by atoms with Crippen LogP contribution in [0.1, 0.15) is 27.2 Å². The van der Waals surface area contributed by atoms with E-state index >= 15 is 0 Å². The molecule has 102 valence electrons. The largest absolute Gasteiger partial charge is 0.465 e. The van der Waals surface area contributed by atoms with Crippen LogP contribution >= 0.6 is 0 Å². The molecule has 0 aliphatic carbocycles. The molecule has 0 saturated carbocycles. The summed E-state index contributed by atoms with van der Waals surface area (Å²) in [4.78, 5) is 21.0. The summed E-state index contributed by atoms with van der Waals surface area (Å²) in [6, 6.07) is 1.47. The molecule has 0 rings (SSSR count). The van der Waals surface area contributed by atoms with E-state index in [0.29, 0.717) is 0 Å². The Morgan fingerprint density at radius 2 is 1.83 bits per heavy atom. The highest BCUT2D eigenvalue weighted by molar-refractivity contribution is 5.65. The average Bonchev–Trinajstić information content (AvgIpc) is 2.14.